The fourth-order valence-corrected chi connectivity index (χ4v) is 3.13. The van der Waals surface area contributed by atoms with Gasteiger partial charge >= 0.3 is 6.09 Å². The molecule has 1 heterocycles. The Bertz CT molecular complexity index is 798. The molecule has 1 amide bonds. The van der Waals surface area contributed by atoms with E-state index in [0.29, 0.717) is 13.2 Å². The van der Waals surface area contributed by atoms with Crippen LogP contribution in [0, 0.1) is 0 Å². The molecule has 3 aromatic rings. The molecule has 1 aromatic heterocycles. The largest absolute Gasteiger partial charge is 0.489 e. The van der Waals surface area contributed by atoms with E-state index in [-0.39, 0.29) is 0 Å². The molecule has 23 heavy (non-hydrogen) atoms. The van der Waals surface area contributed by atoms with Crippen molar-refractivity contribution < 1.29 is 14.3 Å². The monoisotopic (exact) mass is 327 g/mol. The maximum Gasteiger partial charge on any atom is 0.411 e. The maximum atomic E-state index is 11.5. The van der Waals surface area contributed by atoms with Gasteiger partial charge in [-0.15, -0.1) is 11.3 Å². The van der Waals surface area contributed by atoms with E-state index in [9.17, 15) is 4.79 Å². The van der Waals surface area contributed by atoms with Crippen LogP contribution in [0.5, 0.6) is 5.75 Å². The highest BCUT2D eigenvalue weighted by Crippen LogP contribution is 2.33. The Labute approximate surface area is 138 Å². The molecule has 0 spiro atoms. The van der Waals surface area contributed by atoms with Gasteiger partial charge in [0.15, 0.2) is 0 Å². The third-order valence-electron chi connectivity index (χ3n) is 3.31. The molecule has 0 bridgehead atoms. The molecule has 0 radical (unpaired) electrons. The highest BCUT2D eigenvalue weighted by molar-refractivity contribution is 7.17. The molecule has 0 aliphatic carbocycles. The Balaban J connectivity index is 1.71. The number of carbonyl (C=O) groups is 1. The Hall–Kier alpha value is -2.53. The summed E-state index contributed by atoms with van der Waals surface area (Å²) >= 11 is 1.56. The van der Waals surface area contributed by atoms with E-state index in [0.717, 1.165) is 27.1 Å². The quantitative estimate of drug-likeness (QED) is 0.713. The zero-order valence-corrected chi connectivity index (χ0v) is 13.6. The summed E-state index contributed by atoms with van der Waals surface area (Å²) in [6.07, 6.45) is -0.434. The van der Waals surface area contributed by atoms with Crippen molar-refractivity contribution in [1.82, 2.24) is 0 Å². The fourth-order valence-electron chi connectivity index (χ4n) is 2.21. The second-order valence-electron chi connectivity index (χ2n) is 4.93. The lowest BCUT2D eigenvalue weighted by Crippen LogP contribution is -2.12. The summed E-state index contributed by atoms with van der Waals surface area (Å²) in [7, 11) is 0. The van der Waals surface area contributed by atoms with Gasteiger partial charge in [0, 0.05) is 15.5 Å². The summed E-state index contributed by atoms with van der Waals surface area (Å²) in [5, 5.41) is 5.64. The fraction of sp³-hybridized carbons (Fsp3) is 0.167. The third kappa shape index (κ3) is 3.81. The Morgan fingerprint density at radius 3 is 2.78 bits per heavy atom. The van der Waals surface area contributed by atoms with Gasteiger partial charge in [-0.05, 0) is 30.7 Å². The van der Waals surface area contributed by atoms with Crippen molar-refractivity contribution in [2.45, 2.75) is 13.5 Å². The predicted molar refractivity (Wildman–Crippen MR) is 93.2 cm³/mol. The van der Waals surface area contributed by atoms with Crippen LogP contribution in [0.1, 0.15) is 12.5 Å². The number of rotatable bonds is 5. The highest BCUT2D eigenvalue weighted by atomic mass is 32.1. The lowest BCUT2D eigenvalue weighted by molar-refractivity contribution is 0.168. The molecule has 0 atom stereocenters. The van der Waals surface area contributed by atoms with Crippen molar-refractivity contribution in [3.63, 3.8) is 0 Å². The van der Waals surface area contributed by atoms with Crippen LogP contribution in [0.25, 0.3) is 10.1 Å². The first kappa shape index (κ1) is 15.4. The smallest absolute Gasteiger partial charge is 0.411 e. The number of hydrogen-bond acceptors (Lipinski definition) is 4. The van der Waals surface area contributed by atoms with Gasteiger partial charge in [-0.2, -0.15) is 0 Å². The molecule has 5 heteroatoms. The van der Waals surface area contributed by atoms with Crippen LogP contribution in [-0.4, -0.2) is 12.7 Å². The molecule has 0 aliphatic rings. The Morgan fingerprint density at radius 2 is 2.00 bits per heavy atom. The summed E-state index contributed by atoms with van der Waals surface area (Å²) < 4.78 is 11.8. The average molecular weight is 327 g/mol. The van der Waals surface area contributed by atoms with Gasteiger partial charge in [0.1, 0.15) is 12.4 Å². The molecule has 0 fully saturated rings. The molecule has 4 nitrogen and oxygen atoms in total. The van der Waals surface area contributed by atoms with Crippen molar-refractivity contribution in [2.24, 2.45) is 0 Å². The minimum Gasteiger partial charge on any atom is -0.489 e. The third-order valence-corrected chi connectivity index (χ3v) is 4.25. The number of ether oxygens (including phenoxy) is 2. The van der Waals surface area contributed by atoms with Gasteiger partial charge in [0.05, 0.1) is 12.3 Å². The summed E-state index contributed by atoms with van der Waals surface area (Å²) in [5.41, 5.74) is 1.89. The zero-order valence-electron chi connectivity index (χ0n) is 12.7. The molecule has 118 valence electrons. The summed E-state index contributed by atoms with van der Waals surface area (Å²) in [4.78, 5) is 11.5. The van der Waals surface area contributed by atoms with Gasteiger partial charge in [-0.1, -0.05) is 30.3 Å². The van der Waals surface area contributed by atoms with Crippen LogP contribution in [-0.2, 0) is 11.3 Å². The van der Waals surface area contributed by atoms with Gasteiger partial charge in [0.2, 0.25) is 0 Å². The van der Waals surface area contributed by atoms with Crippen molar-refractivity contribution in [3.8, 4) is 5.75 Å². The molecule has 1 N–H and O–H groups in total. The van der Waals surface area contributed by atoms with Crippen molar-refractivity contribution >= 4 is 33.2 Å². The number of carbonyl (C=O) groups excluding carboxylic acids is 1. The van der Waals surface area contributed by atoms with Crippen LogP contribution in [0.3, 0.4) is 0 Å². The lowest BCUT2D eigenvalue weighted by atomic mass is 10.2. The first-order valence-corrected chi connectivity index (χ1v) is 8.26. The first-order valence-electron chi connectivity index (χ1n) is 7.38. The number of thiophene rings is 1. The minimum absolute atomic E-state index is 0.353. The molecular formula is C18H17NO3S. The van der Waals surface area contributed by atoms with E-state index < -0.39 is 6.09 Å². The summed E-state index contributed by atoms with van der Waals surface area (Å²) in [5.74, 6) is 0.811. The van der Waals surface area contributed by atoms with Crippen LogP contribution in [0.15, 0.2) is 53.9 Å². The number of hydrogen-bond donors (Lipinski definition) is 1. The number of amides is 1. The Morgan fingerprint density at radius 1 is 1.17 bits per heavy atom. The van der Waals surface area contributed by atoms with Gasteiger partial charge in [-0.25, -0.2) is 4.79 Å². The topological polar surface area (TPSA) is 47.6 Å². The SMILES string of the molecule is CCOC(=O)Nc1csc2cc(OCc3ccccc3)ccc12. The molecular weight excluding hydrogens is 310 g/mol. The van der Waals surface area contributed by atoms with E-state index in [2.05, 4.69) is 5.32 Å². The average Bonchev–Trinajstić information content (AvgIpc) is 2.96. The summed E-state index contributed by atoms with van der Waals surface area (Å²) in [6, 6.07) is 15.9. The molecule has 0 saturated heterocycles. The number of anilines is 1. The van der Waals surface area contributed by atoms with Crippen LogP contribution in [0.2, 0.25) is 0 Å². The lowest BCUT2D eigenvalue weighted by Gasteiger charge is -2.07. The Kier molecular flexibility index (Phi) is 4.78. The molecule has 2 aromatic carbocycles. The second-order valence-corrected chi connectivity index (χ2v) is 5.84. The number of benzene rings is 2. The predicted octanol–water partition coefficient (Wildman–Crippen LogP) is 5.05. The minimum atomic E-state index is -0.434. The molecule has 0 aliphatic heterocycles. The highest BCUT2D eigenvalue weighted by Gasteiger charge is 2.09. The van der Waals surface area contributed by atoms with E-state index >= 15 is 0 Å². The van der Waals surface area contributed by atoms with E-state index in [1.165, 1.54) is 0 Å². The van der Waals surface area contributed by atoms with E-state index in [1.807, 2.05) is 53.9 Å². The van der Waals surface area contributed by atoms with Gasteiger partial charge in [-0.3, -0.25) is 5.32 Å². The number of fused-ring (bicyclic) bond motifs is 1. The van der Waals surface area contributed by atoms with Gasteiger partial charge in [0.25, 0.3) is 0 Å². The number of nitrogens with one attached hydrogen (secondary N) is 1. The van der Waals surface area contributed by atoms with Gasteiger partial charge < -0.3 is 9.47 Å². The van der Waals surface area contributed by atoms with Crippen molar-refractivity contribution in [1.29, 1.82) is 0 Å². The first-order chi connectivity index (χ1) is 11.3. The second kappa shape index (κ2) is 7.15. The van der Waals surface area contributed by atoms with Crippen LogP contribution in [0.4, 0.5) is 10.5 Å². The molecule has 0 saturated carbocycles. The molecule has 3 rings (SSSR count). The standard InChI is InChI=1S/C18H17NO3S/c1-2-21-18(20)19-16-12-23-17-10-14(8-9-15(16)17)22-11-13-6-4-3-5-7-13/h3-10,12H,2,11H2,1H3,(H,19,20). The van der Waals surface area contributed by atoms with Crippen molar-refractivity contribution in [3.05, 3.63) is 59.5 Å². The van der Waals surface area contributed by atoms with Crippen molar-refractivity contribution in [2.75, 3.05) is 11.9 Å². The van der Waals surface area contributed by atoms with Crippen LogP contribution < -0.4 is 10.1 Å². The zero-order chi connectivity index (χ0) is 16.1. The summed E-state index contributed by atoms with van der Waals surface area (Å²) in [6.45, 7) is 2.67. The normalized spacial score (nSPS) is 10.5. The van der Waals surface area contributed by atoms with E-state index in [4.69, 9.17) is 9.47 Å². The maximum absolute atomic E-state index is 11.5. The van der Waals surface area contributed by atoms with Crippen LogP contribution >= 0.6 is 11.3 Å². The van der Waals surface area contributed by atoms with E-state index in [1.54, 1.807) is 18.3 Å². The molecule has 0 unspecified atom stereocenters.